The number of pyridine rings is 1. The number of nitrogens with zero attached hydrogens (tertiary/aromatic N) is 3. The van der Waals surface area contributed by atoms with Gasteiger partial charge in [0, 0.05) is 41.9 Å². The first-order chi connectivity index (χ1) is 20.2. The summed E-state index contributed by atoms with van der Waals surface area (Å²) in [7, 11) is 4.87. The fraction of sp³-hybridized carbons (Fsp3) is 0.355. The van der Waals surface area contributed by atoms with Gasteiger partial charge in [0.1, 0.15) is 22.8 Å². The van der Waals surface area contributed by atoms with Crippen molar-refractivity contribution in [1.29, 1.82) is 0 Å². The SMILES string of the molecule is C=CCN(C)Cc1cc(-c2ccc(F)nc2)c2c(c1O)C(O)=C1C(=O)[C@]3(O)C(O)=C(C(N)=O)C(=O)[C@@H](N(C)C)[C@@H]3C[C@@H]1C2. The van der Waals surface area contributed by atoms with E-state index >= 15 is 0 Å². The molecule has 11 nitrogen and oxygen atoms in total. The maximum Gasteiger partial charge on any atom is 0.255 e. The predicted octanol–water partition coefficient (Wildman–Crippen LogP) is 1.78. The minimum atomic E-state index is -2.73. The lowest BCUT2D eigenvalue weighted by Crippen LogP contribution is -2.65. The molecule has 0 aliphatic heterocycles. The van der Waals surface area contributed by atoms with Crippen LogP contribution in [-0.2, 0) is 27.3 Å². The Morgan fingerprint density at radius 1 is 1.23 bits per heavy atom. The highest BCUT2D eigenvalue weighted by Crippen LogP contribution is 2.54. The van der Waals surface area contributed by atoms with Crippen LogP contribution >= 0.6 is 0 Å². The van der Waals surface area contributed by atoms with Crippen LogP contribution in [0.25, 0.3) is 16.9 Å². The monoisotopic (exact) mass is 592 g/mol. The average molecular weight is 593 g/mol. The van der Waals surface area contributed by atoms with Crippen LogP contribution in [0.4, 0.5) is 4.39 Å². The highest BCUT2D eigenvalue weighted by atomic mass is 19.1. The Bertz CT molecular complexity index is 1630. The van der Waals surface area contributed by atoms with Crippen LogP contribution < -0.4 is 5.73 Å². The number of primary amides is 1. The van der Waals surface area contributed by atoms with Gasteiger partial charge in [-0.05, 0) is 69.2 Å². The van der Waals surface area contributed by atoms with Gasteiger partial charge in [-0.1, -0.05) is 6.08 Å². The second-order valence-corrected chi connectivity index (χ2v) is 11.6. The predicted molar refractivity (Wildman–Crippen MR) is 154 cm³/mol. The van der Waals surface area contributed by atoms with Gasteiger partial charge in [-0.3, -0.25) is 24.2 Å². The summed E-state index contributed by atoms with van der Waals surface area (Å²) in [6, 6.07) is 3.24. The molecular formula is C31H33FN4O7. The van der Waals surface area contributed by atoms with Gasteiger partial charge in [-0.25, -0.2) is 4.98 Å². The summed E-state index contributed by atoms with van der Waals surface area (Å²) < 4.78 is 13.7. The van der Waals surface area contributed by atoms with Crippen LogP contribution in [0.3, 0.4) is 0 Å². The first kappa shape index (κ1) is 30.1. The molecule has 1 aromatic heterocycles. The molecule has 5 rings (SSSR count). The molecule has 226 valence electrons. The summed E-state index contributed by atoms with van der Waals surface area (Å²) in [5.74, 6) is -7.88. The van der Waals surface area contributed by atoms with Crippen LogP contribution in [-0.4, -0.2) is 92.0 Å². The number of fused-ring (bicyclic) bond motifs is 3. The third-order valence-corrected chi connectivity index (χ3v) is 8.72. The molecular weight excluding hydrogens is 559 g/mol. The maximum atomic E-state index is 14.1. The summed E-state index contributed by atoms with van der Waals surface area (Å²) in [6.45, 7) is 4.42. The summed E-state index contributed by atoms with van der Waals surface area (Å²) >= 11 is 0. The van der Waals surface area contributed by atoms with E-state index in [9.17, 15) is 39.2 Å². The van der Waals surface area contributed by atoms with Crippen molar-refractivity contribution in [1.82, 2.24) is 14.8 Å². The largest absolute Gasteiger partial charge is 0.508 e. The third kappa shape index (κ3) is 4.53. The van der Waals surface area contributed by atoms with Gasteiger partial charge in [0.2, 0.25) is 11.7 Å². The number of aromatic hydroxyl groups is 1. The highest BCUT2D eigenvalue weighted by molar-refractivity contribution is 6.24. The first-order valence-electron chi connectivity index (χ1n) is 13.7. The van der Waals surface area contributed by atoms with E-state index in [1.54, 1.807) is 19.2 Å². The Morgan fingerprint density at radius 3 is 2.51 bits per heavy atom. The molecule has 2 aromatic rings. The number of carbonyl (C=O) groups excluding carboxylic acids is 3. The van der Waals surface area contributed by atoms with Gasteiger partial charge in [0.25, 0.3) is 5.91 Å². The van der Waals surface area contributed by atoms with Crippen LogP contribution in [0.15, 0.2) is 54.0 Å². The Labute approximate surface area is 247 Å². The Morgan fingerprint density at radius 2 is 1.93 bits per heavy atom. The number of amides is 1. The molecule has 0 bridgehead atoms. The van der Waals surface area contributed by atoms with E-state index in [-0.39, 0.29) is 36.3 Å². The fourth-order valence-electron chi connectivity index (χ4n) is 6.86. The van der Waals surface area contributed by atoms with Gasteiger partial charge < -0.3 is 26.2 Å². The van der Waals surface area contributed by atoms with Crippen LogP contribution in [0, 0.1) is 17.8 Å². The van der Waals surface area contributed by atoms with Crippen molar-refractivity contribution in [3.8, 4) is 16.9 Å². The van der Waals surface area contributed by atoms with Crippen LogP contribution in [0.1, 0.15) is 23.1 Å². The van der Waals surface area contributed by atoms with Gasteiger partial charge in [0.15, 0.2) is 11.4 Å². The number of benzene rings is 1. The molecule has 43 heavy (non-hydrogen) atoms. The number of likely N-dealkylation sites (N-methyl/N-ethyl adjacent to an activating group) is 2. The van der Waals surface area contributed by atoms with E-state index in [1.807, 2.05) is 4.90 Å². The molecule has 12 heteroatoms. The smallest absolute Gasteiger partial charge is 0.255 e. The lowest BCUT2D eigenvalue weighted by molar-refractivity contribution is -0.153. The molecule has 1 fully saturated rings. The molecule has 3 aliphatic rings. The number of rotatable bonds is 7. The summed E-state index contributed by atoms with van der Waals surface area (Å²) in [5.41, 5.74) is 3.40. The Balaban J connectivity index is 1.76. The number of aromatic nitrogens is 1. The van der Waals surface area contributed by atoms with Gasteiger partial charge in [-0.2, -0.15) is 4.39 Å². The average Bonchev–Trinajstić information content (AvgIpc) is 2.92. The van der Waals surface area contributed by atoms with E-state index in [0.29, 0.717) is 28.8 Å². The number of ketones is 2. The second-order valence-electron chi connectivity index (χ2n) is 11.6. The summed E-state index contributed by atoms with van der Waals surface area (Å²) in [4.78, 5) is 46.7. The zero-order valence-corrected chi connectivity index (χ0v) is 24.0. The lowest BCUT2D eigenvalue weighted by atomic mass is 9.57. The molecule has 0 saturated heterocycles. The summed E-state index contributed by atoms with van der Waals surface area (Å²) in [5, 5.41) is 46.0. The number of aliphatic hydroxyl groups excluding tert-OH is 2. The molecule has 3 aliphatic carbocycles. The lowest BCUT2D eigenvalue weighted by Gasteiger charge is -2.50. The van der Waals surface area contributed by atoms with E-state index in [4.69, 9.17) is 5.73 Å². The van der Waals surface area contributed by atoms with Gasteiger partial charge >= 0.3 is 0 Å². The molecule has 0 unspecified atom stereocenters. The molecule has 1 heterocycles. The number of aliphatic hydroxyl groups is 3. The number of carbonyl (C=O) groups is 3. The topological polar surface area (TPSA) is 178 Å². The number of phenolic OH excluding ortho intramolecular Hbond substituents is 1. The van der Waals surface area contributed by atoms with Crippen molar-refractivity contribution < 1.29 is 39.2 Å². The minimum absolute atomic E-state index is 0.0416. The molecule has 1 aromatic carbocycles. The zero-order chi connectivity index (χ0) is 31.5. The standard InChI is InChI=1S/C31H33FN4O7/c1-5-8-36(4)13-16-10-17(14-6-7-20(32)34-12-14)18-9-15-11-19-24(35(2)3)27(39)23(30(33)42)29(41)31(19,43)28(40)21(15)26(38)22(18)25(16)37/h5-7,10,12,15,19,24,37-38,41,43H,1,8-9,11,13H2,2-4H3,(H2,33,42)/t15-,19-,24-,31-/m0/s1. The van der Waals surface area contributed by atoms with Crippen molar-refractivity contribution in [2.75, 3.05) is 27.7 Å². The van der Waals surface area contributed by atoms with Crippen molar-refractivity contribution >= 4 is 23.2 Å². The van der Waals surface area contributed by atoms with E-state index in [0.717, 1.165) is 0 Å². The number of hydrogen-bond acceptors (Lipinski definition) is 10. The molecule has 0 spiro atoms. The van der Waals surface area contributed by atoms with E-state index in [1.165, 1.54) is 37.3 Å². The summed E-state index contributed by atoms with van der Waals surface area (Å²) in [6.07, 6.45) is 3.06. The van der Waals surface area contributed by atoms with E-state index in [2.05, 4.69) is 11.6 Å². The third-order valence-electron chi connectivity index (χ3n) is 8.72. The Kier molecular flexibility index (Phi) is 7.49. The number of nitrogens with two attached hydrogens (primary N) is 1. The molecule has 1 saturated carbocycles. The quantitative estimate of drug-likeness (QED) is 0.181. The van der Waals surface area contributed by atoms with Crippen molar-refractivity contribution in [3.05, 3.63) is 76.6 Å². The van der Waals surface area contributed by atoms with E-state index < -0.39 is 64.0 Å². The normalized spacial score (nSPS) is 25.1. The Hall–Kier alpha value is -4.39. The highest BCUT2D eigenvalue weighted by Gasteiger charge is 2.64. The van der Waals surface area contributed by atoms with Crippen LogP contribution in [0.2, 0.25) is 0 Å². The maximum absolute atomic E-state index is 14.1. The number of hydrogen-bond donors (Lipinski definition) is 5. The minimum Gasteiger partial charge on any atom is -0.508 e. The first-order valence-corrected chi connectivity index (χ1v) is 13.7. The molecule has 1 amide bonds. The van der Waals surface area contributed by atoms with Crippen molar-refractivity contribution in [3.63, 3.8) is 0 Å². The number of phenols is 1. The van der Waals surface area contributed by atoms with Gasteiger partial charge in [-0.15, -0.1) is 6.58 Å². The molecule has 0 radical (unpaired) electrons. The molecule has 6 N–H and O–H groups in total. The number of Topliss-reactive ketones (excluding diaryl/α,β-unsaturated/α-hetero) is 2. The van der Waals surface area contributed by atoms with Crippen molar-refractivity contribution in [2.45, 2.75) is 31.0 Å². The fourth-order valence-corrected chi connectivity index (χ4v) is 6.86. The number of halogens is 1. The van der Waals surface area contributed by atoms with Crippen molar-refractivity contribution in [2.24, 2.45) is 17.6 Å². The second kappa shape index (κ2) is 10.7. The van der Waals surface area contributed by atoms with Gasteiger partial charge in [0.05, 0.1) is 11.6 Å². The molecule has 4 atom stereocenters. The zero-order valence-electron chi connectivity index (χ0n) is 24.0. The van der Waals surface area contributed by atoms with Crippen LogP contribution in [0.5, 0.6) is 5.75 Å².